The minimum atomic E-state index is -0.760. The molecule has 142 valence electrons. The van der Waals surface area contributed by atoms with E-state index in [9.17, 15) is 9.59 Å². The largest absolute Gasteiger partial charge is 0.480 e. The first kappa shape index (κ1) is 18.6. The average Bonchev–Trinajstić information content (AvgIpc) is 2.67. The number of hydrogen-bond donors (Lipinski definition) is 1. The summed E-state index contributed by atoms with van der Waals surface area (Å²) in [7, 11) is 0. The molecule has 1 aromatic rings. The minimum absolute atomic E-state index is 0.132. The zero-order valence-corrected chi connectivity index (χ0v) is 15.2. The molecule has 2 aliphatic heterocycles. The fourth-order valence-corrected chi connectivity index (χ4v) is 3.88. The third-order valence-corrected chi connectivity index (χ3v) is 5.49. The van der Waals surface area contributed by atoms with Gasteiger partial charge in [0.2, 0.25) is 5.91 Å². The highest BCUT2D eigenvalue weighted by atomic mass is 16.4. The predicted molar refractivity (Wildman–Crippen MR) is 99.1 cm³/mol. The Bertz CT molecular complexity index is 594. The zero-order valence-electron chi connectivity index (χ0n) is 15.2. The molecule has 3 rings (SSSR count). The molecule has 0 unspecified atom stereocenters. The molecular formula is C19H28N4O3. The van der Waals surface area contributed by atoms with Gasteiger partial charge in [0.05, 0.1) is 6.54 Å². The van der Waals surface area contributed by atoms with Gasteiger partial charge in [-0.2, -0.15) is 0 Å². The number of nitrogens with zero attached hydrogens (tertiary/aromatic N) is 4. The molecule has 0 atom stereocenters. The lowest BCUT2D eigenvalue weighted by Gasteiger charge is -2.36. The first-order valence-corrected chi connectivity index (χ1v) is 9.48. The van der Waals surface area contributed by atoms with Gasteiger partial charge in [-0.05, 0) is 50.4 Å². The number of pyridine rings is 1. The van der Waals surface area contributed by atoms with E-state index in [0.717, 1.165) is 58.5 Å². The second-order valence-electron chi connectivity index (χ2n) is 7.23. The molecule has 0 aromatic carbocycles. The molecule has 7 heteroatoms. The Kier molecular flexibility index (Phi) is 6.44. The number of hydrogen-bond acceptors (Lipinski definition) is 5. The molecular weight excluding hydrogens is 332 g/mol. The van der Waals surface area contributed by atoms with Gasteiger partial charge in [0, 0.05) is 50.7 Å². The Morgan fingerprint density at radius 2 is 1.69 bits per heavy atom. The molecule has 1 N–H and O–H groups in total. The molecule has 2 fully saturated rings. The van der Waals surface area contributed by atoms with Crippen LogP contribution in [-0.2, 0) is 9.59 Å². The van der Waals surface area contributed by atoms with Gasteiger partial charge in [-0.1, -0.05) is 0 Å². The molecule has 2 aliphatic rings. The number of amides is 1. The van der Waals surface area contributed by atoms with Crippen molar-refractivity contribution in [3.05, 3.63) is 24.5 Å². The lowest BCUT2D eigenvalue weighted by molar-refractivity contribution is -0.138. The van der Waals surface area contributed by atoms with Crippen LogP contribution in [0.25, 0.3) is 0 Å². The van der Waals surface area contributed by atoms with E-state index in [0.29, 0.717) is 12.3 Å². The standard InChI is InChI=1S/C19H28N4O3/c24-18(2-1-16-5-9-21(10-6-16)15-19(25)26)23-13-11-22(12-14-23)17-3-7-20-8-4-17/h3-4,7-8,16H,1-2,5-6,9-15H2,(H,25,26). The molecule has 26 heavy (non-hydrogen) atoms. The number of carboxylic acids is 1. The summed E-state index contributed by atoms with van der Waals surface area (Å²) in [4.78, 5) is 33.6. The summed E-state index contributed by atoms with van der Waals surface area (Å²) in [6.45, 7) is 5.07. The highest BCUT2D eigenvalue weighted by molar-refractivity contribution is 5.76. The number of likely N-dealkylation sites (tertiary alicyclic amines) is 1. The molecule has 3 heterocycles. The van der Waals surface area contributed by atoms with Crippen LogP contribution in [-0.4, -0.2) is 77.6 Å². The average molecular weight is 360 g/mol. The third kappa shape index (κ3) is 5.17. The van der Waals surface area contributed by atoms with Crippen LogP contribution in [0.5, 0.6) is 0 Å². The van der Waals surface area contributed by atoms with Crippen molar-refractivity contribution >= 4 is 17.6 Å². The van der Waals surface area contributed by atoms with E-state index in [-0.39, 0.29) is 12.5 Å². The maximum atomic E-state index is 12.5. The van der Waals surface area contributed by atoms with Gasteiger partial charge in [-0.3, -0.25) is 19.5 Å². The molecule has 1 aromatic heterocycles. The van der Waals surface area contributed by atoms with E-state index in [4.69, 9.17) is 5.11 Å². The Morgan fingerprint density at radius 3 is 2.31 bits per heavy atom. The lowest BCUT2D eigenvalue weighted by Crippen LogP contribution is -2.48. The van der Waals surface area contributed by atoms with Crippen molar-refractivity contribution in [2.45, 2.75) is 25.7 Å². The van der Waals surface area contributed by atoms with Gasteiger partial charge in [0.1, 0.15) is 0 Å². The van der Waals surface area contributed by atoms with Gasteiger partial charge in [0.25, 0.3) is 0 Å². The van der Waals surface area contributed by atoms with Gasteiger partial charge >= 0.3 is 5.97 Å². The highest BCUT2D eigenvalue weighted by Gasteiger charge is 2.24. The number of piperidine rings is 1. The Labute approximate surface area is 154 Å². The fourth-order valence-electron chi connectivity index (χ4n) is 3.88. The third-order valence-electron chi connectivity index (χ3n) is 5.49. The summed E-state index contributed by atoms with van der Waals surface area (Å²) in [5.41, 5.74) is 1.17. The number of anilines is 1. The Morgan fingerprint density at radius 1 is 1.04 bits per heavy atom. The van der Waals surface area contributed by atoms with Crippen molar-refractivity contribution < 1.29 is 14.7 Å². The lowest BCUT2D eigenvalue weighted by atomic mass is 9.92. The number of carbonyl (C=O) groups excluding carboxylic acids is 1. The molecule has 2 saturated heterocycles. The SMILES string of the molecule is O=C(O)CN1CCC(CCC(=O)N2CCN(c3ccncc3)CC2)CC1. The van der Waals surface area contributed by atoms with Crippen molar-refractivity contribution in [2.24, 2.45) is 5.92 Å². The van der Waals surface area contributed by atoms with Gasteiger partial charge in [-0.25, -0.2) is 0 Å². The van der Waals surface area contributed by atoms with Crippen LogP contribution in [0, 0.1) is 5.92 Å². The van der Waals surface area contributed by atoms with Gasteiger partial charge < -0.3 is 14.9 Å². The molecule has 0 radical (unpaired) electrons. The topological polar surface area (TPSA) is 77.0 Å². The maximum Gasteiger partial charge on any atom is 0.317 e. The summed E-state index contributed by atoms with van der Waals surface area (Å²) in [6.07, 6.45) is 7.12. The predicted octanol–water partition coefficient (Wildman–Crippen LogP) is 1.31. The molecule has 0 aliphatic carbocycles. The molecule has 7 nitrogen and oxygen atoms in total. The van der Waals surface area contributed by atoms with Crippen LogP contribution < -0.4 is 4.90 Å². The normalized spacial score (nSPS) is 19.5. The zero-order chi connectivity index (χ0) is 18.4. The fraction of sp³-hybridized carbons (Fsp3) is 0.632. The van der Waals surface area contributed by atoms with Crippen LogP contribution >= 0.6 is 0 Å². The Balaban J connectivity index is 1.35. The quantitative estimate of drug-likeness (QED) is 0.824. The first-order chi connectivity index (χ1) is 12.6. The summed E-state index contributed by atoms with van der Waals surface area (Å²) < 4.78 is 0. The van der Waals surface area contributed by atoms with Crippen LogP contribution in [0.3, 0.4) is 0 Å². The summed E-state index contributed by atoms with van der Waals surface area (Å²) in [6, 6.07) is 4.02. The van der Waals surface area contributed by atoms with Crippen molar-refractivity contribution in [1.29, 1.82) is 0 Å². The van der Waals surface area contributed by atoms with E-state index < -0.39 is 5.97 Å². The number of aromatic nitrogens is 1. The number of rotatable bonds is 6. The number of piperazine rings is 1. The molecule has 0 spiro atoms. The maximum absolute atomic E-state index is 12.5. The van der Waals surface area contributed by atoms with Crippen molar-refractivity contribution in [1.82, 2.24) is 14.8 Å². The second kappa shape index (κ2) is 8.98. The van der Waals surface area contributed by atoms with E-state index in [1.807, 2.05) is 21.9 Å². The van der Waals surface area contributed by atoms with E-state index in [1.165, 1.54) is 5.69 Å². The molecule has 1 amide bonds. The first-order valence-electron chi connectivity index (χ1n) is 9.48. The van der Waals surface area contributed by atoms with E-state index in [2.05, 4.69) is 9.88 Å². The van der Waals surface area contributed by atoms with Crippen molar-refractivity contribution in [2.75, 3.05) is 50.7 Å². The van der Waals surface area contributed by atoms with E-state index in [1.54, 1.807) is 12.4 Å². The van der Waals surface area contributed by atoms with Gasteiger partial charge in [0.15, 0.2) is 0 Å². The van der Waals surface area contributed by atoms with Crippen LogP contribution in [0.15, 0.2) is 24.5 Å². The minimum Gasteiger partial charge on any atom is -0.480 e. The Hall–Kier alpha value is -2.15. The number of aliphatic carboxylic acids is 1. The summed E-state index contributed by atoms with van der Waals surface area (Å²) in [5, 5.41) is 8.85. The summed E-state index contributed by atoms with van der Waals surface area (Å²) in [5.74, 6) is 0.0407. The van der Waals surface area contributed by atoms with Crippen LogP contribution in [0.2, 0.25) is 0 Å². The number of carbonyl (C=O) groups is 2. The van der Waals surface area contributed by atoms with Crippen LogP contribution in [0.4, 0.5) is 5.69 Å². The highest BCUT2D eigenvalue weighted by Crippen LogP contribution is 2.22. The molecule has 0 saturated carbocycles. The monoisotopic (exact) mass is 360 g/mol. The van der Waals surface area contributed by atoms with Crippen molar-refractivity contribution in [3.63, 3.8) is 0 Å². The van der Waals surface area contributed by atoms with Crippen molar-refractivity contribution in [3.8, 4) is 0 Å². The second-order valence-corrected chi connectivity index (χ2v) is 7.23. The molecule has 0 bridgehead atoms. The van der Waals surface area contributed by atoms with Gasteiger partial charge in [-0.15, -0.1) is 0 Å². The summed E-state index contributed by atoms with van der Waals surface area (Å²) >= 11 is 0. The van der Waals surface area contributed by atoms with E-state index >= 15 is 0 Å². The smallest absolute Gasteiger partial charge is 0.317 e. The number of carboxylic acid groups (broad SMARTS) is 1. The van der Waals surface area contributed by atoms with Crippen LogP contribution in [0.1, 0.15) is 25.7 Å².